The summed E-state index contributed by atoms with van der Waals surface area (Å²) in [6.45, 7) is 5.21. The van der Waals surface area contributed by atoms with E-state index in [1.165, 1.54) is 18.2 Å². The van der Waals surface area contributed by atoms with Gasteiger partial charge in [-0.3, -0.25) is 10.1 Å². The molecule has 6 heteroatoms. The first-order chi connectivity index (χ1) is 9.01. The van der Waals surface area contributed by atoms with Crippen molar-refractivity contribution in [1.82, 2.24) is 0 Å². The molecule has 0 bridgehead atoms. The summed E-state index contributed by atoms with van der Waals surface area (Å²) in [6.07, 6.45) is 1.88. The van der Waals surface area contributed by atoms with Crippen molar-refractivity contribution in [3.63, 3.8) is 0 Å². The lowest BCUT2D eigenvalue weighted by Gasteiger charge is -2.22. The smallest absolute Gasteiger partial charge is 0.335 e. The first-order valence-electron chi connectivity index (χ1n) is 6.27. The highest BCUT2D eigenvalue weighted by atomic mass is 16.6. The van der Waals surface area contributed by atoms with Crippen LogP contribution in [0, 0.1) is 10.1 Å². The van der Waals surface area contributed by atoms with Crippen molar-refractivity contribution in [2.24, 2.45) is 0 Å². The Hall–Kier alpha value is -2.11. The summed E-state index contributed by atoms with van der Waals surface area (Å²) in [5.74, 6) is -1.08. The number of nitro groups is 1. The molecule has 0 amide bonds. The van der Waals surface area contributed by atoms with E-state index in [9.17, 15) is 14.9 Å². The Labute approximate surface area is 111 Å². The molecule has 6 nitrogen and oxygen atoms in total. The normalized spacial score (nSPS) is 10.2. The molecule has 1 rings (SSSR count). The molecule has 0 fully saturated rings. The zero-order chi connectivity index (χ0) is 14.4. The lowest BCUT2D eigenvalue weighted by Crippen LogP contribution is -2.25. The third-order valence-electron chi connectivity index (χ3n) is 2.92. The van der Waals surface area contributed by atoms with Gasteiger partial charge in [0.2, 0.25) is 0 Å². The summed E-state index contributed by atoms with van der Waals surface area (Å²) < 4.78 is 0. The average molecular weight is 266 g/mol. The Kier molecular flexibility index (Phi) is 5.29. The second-order valence-electron chi connectivity index (χ2n) is 4.20. The molecule has 0 unspecified atom stereocenters. The minimum absolute atomic E-state index is 0.0528. The Balaban J connectivity index is 3.21. The lowest BCUT2D eigenvalue weighted by molar-refractivity contribution is -0.384. The number of nitrogens with zero attached hydrogens (tertiary/aromatic N) is 2. The molecule has 0 aliphatic carbocycles. The largest absolute Gasteiger partial charge is 0.478 e. The second kappa shape index (κ2) is 6.72. The highest BCUT2D eigenvalue weighted by Crippen LogP contribution is 2.29. The van der Waals surface area contributed by atoms with Crippen molar-refractivity contribution < 1.29 is 14.8 Å². The minimum atomic E-state index is -1.08. The van der Waals surface area contributed by atoms with E-state index < -0.39 is 10.9 Å². The van der Waals surface area contributed by atoms with Gasteiger partial charge in [0.25, 0.3) is 5.69 Å². The third kappa shape index (κ3) is 3.67. The Bertz CT molecular complexity index is 474. The molecule has 104 valence electrons. The second-order valence-corrected chi connectivity index (χ2v) is 4.20. The summed E-state index contributed by atoms with van der Waals surface area (Å²) in [5, 5.41) is 20.0. The van der Waals surface area contributed by atoms with Crippen LogP contribution in [0.2, 0.25) is 0 Å². The topological polar surface area (TPSA) is 83.7 Å². The molecular weight excluding hydrogens is 248 g/mol. The number of nitro benzene ring substituents is 1. The van der Waals surface area contributed by atoms with Crippen molar-refractivity contribution in [3.8, 4) is 0 Å². The van der Waals surface area contributed by atoms with E-state index in [0.717, 1.165) is 12.8 Å². The summed E-state index contributed by atoms with van der Waals surface area (Å²) in [7, 11) is 0. The first-order valence-corrected chi connectivity index (χ1v) is 6.27. The predicted octanol–water partition coefficient (Wildman–Crippen LogP) is 2.92. The fourth-order valence-corrected chi connectivity index (χ4v) is 1.86. The number of carbonyl (C=O) groups is 1. The Morgan fingerprint density at radius 2 is 2.11 bits per heavy atom. The van der Waals surface area contributed by atoms with Gasteiger partial charge < -0.3 is 10.0 Å². The van der Waals surface area contributed by atoms with E-state index in [2.05, 4.69) is 0 Å². The van der Waals surface area contributed by atoms with Gasteiger partial charge in [0, 0.05) is 19.2 Å². The van der Waals surface area contributed by atoms with E-state index in [-0.39, 0.29) is 11.3 Å². The van der Waals surface area contributed by atoms with Gasteiger partial charge in [0.05, 0.1) is 10.5 Å². The van der Waals surface area contributed by atoms with Gasteiger partial charge in [0.1, 0.15) is 5.69 Å². The first kappa shape index (κ1) is 14.9. The number of carboxylic acids is 1. The van der Waals surface area contributed by atoms with Gasteiger partial charge in [-0.15, -0.1) is 0 Å². The van der Waals surface area contributed by atoms with Crippen molar-refractivity contribution >= 4 is 17.3 Å². The molecule has 0 saturated carbocycles. The van der Waals surface area contributed by atoms with E-state index >= 15 is 0 Å². The maximum atomic E-state index is 11.0. The number of rotatable bonds is 7. The fraction of sp³-hybridized carbons (Fsp3) is 0.462. The van der Waals surface area contributed by atoms with E-state index in [4.69, 9.17) is 5.11 Å². The number of aromatic carboxylic acids is 1. The molecule has 0 aliphatic heterocycles. The average Bonchev–Trinajstić information content (AvgIpc) is 2.39. The van der Waals surface area contributed by atoms with Crippen LogP contribution in [-0.4, -0.2) is 29.1 Å². The highest BCUT2D eigenvalue weighted by molar-refractivity contribution is 5.90. The molecule has 1 N–H and O–H groups in total. The molecule has 1 aromatic carbocycles. The van der Waals surface area contributed by atoms with Crippen molar-refractivity contribution in [2.75, 3.05) is 18.0 Å². The molecule has 0 aliphatic rings. The summed E-state index contributed by atoms with van der Waals surface area (Å²) in [6, 6.07) is 3.89. The summed E-state index contributed by atoms with van der Waals surface area (Å²) in [4.78, 5) is 23.4. The van der Waals surface area contributed by atoms with Crippen LogP contribution >= 0.6 is 0 Å². The number of carboxylic acid groups (broad SMARTS) is 1. The van der Waals surface area contributed by atoms with Gasteiger partial charge in [-0.05, 0) is 25.5 Å². The fourth-order valence-electron chi connectivity index (χ4n) is 1.86. The lowest BCUT2D eigenvalue weighted by atomic mass is 10.1. The molecule has 0 heterocycles. The molecule has 19 heavy (non-hydrogen) atoms. The highest BCUT2D eigenvalue weighted by Gasteiger charge is 2.20. The molecule has 0 spiro atoms. The molecule has 1 aromatic rings. The molecule has 0 saturated heterocycles. The van der Waals surface area contributed by atoms with Gasteiger partial charge in [-0.2, -0.15) is 0 Å². The van der Waals surface area contributed by atoms with Gasteiger partial charge in [-0.25, -0.2) is 4.79 Å². The number of hydrogen-bond donors (Lipinski definition) is 1. The zero-order valence-electron chi connectivity index (χ0n) is 11.1. The van der Waals surface area contributed by atoms with Crippen LogP contribution in [0.5, 0.6) is 0 Å². The standard InChI is InChI=1S/C13H18N2O4/c1-3-5-8-14(4-2)12-9-10(13(16)17)6-7-11(12)15(18)19/h6-7,9H,3-5,8H2,1-2H3,(H,16,17). The van der Waals surface area contributed by atoms with Crippen molar-refractivity contribution in [1.29, 1.82) is 0 Å². The molecule has 0 atom stereocenters. The summed E-state index contributed by atoms with van der Waals surface area (Å²) >= 11 is 0. The van der Waals surface area contributed by atoms with Crippen LogP contribution in [0.25, 0.3) is 0 Å². The van der Waals surface area contributed by atoms with E-state index in [1.54, 1.807) is 0 Å². The number of anilines is 1. The van der Waals surface area contributed by atoms with Gasteiger partial charge >= 0.3 is 5.97 Å². The summed E-state index contributed by atoms with van der Waals surface area (Å²) in [5.41, 5.74) is 0.388. The molecule has 0 radical (unpaired) electrons. The minimum Gasteiger partial charge on any atom is -0.478 e. The van der Waals surface area contributed by atoms with Crippen LogP contribution in [0.4, 0.5) is 11.4 Å². The van der Waals surface area contributed by atoms with E-state index in [0.29, 0.717) is 18.8 Å². The van der Waals surface area contributed by atoms with Gasteiger partial charge in [0.15, 0.2) is 0 Å². The van der Waals surface area contributed by atoms with Crippen LogP contribution in [0.1, 0.15) is 37.0 Å². The zero-order valence-corrected chi connectivity index (χ0v) is 11.1. The van der Waals surface area contributed by atoms with Crippen molar-refractivity contribution in [3.05, 3.63) is 33.9 Å². The maximum absolute atomic E-state index is 11.0. The van der Waals surface area contributed by atoms with Crippen LogP contribution in [0.15, 0.2) is 18.2 Å². The Morgan fingerprint density at radius 3 is 2.58 bits per heavy atom. The van der Waals surface area contributed by atoms with Gasteiger partial charge in [-0.1, -0.05) is 13.3 Å². The maximum Gasteiger partial charge on any atom is 0.335 e. The number of benzene rings is 1. The SMILES string of the molecule is CCCCN(CC)c1cc(C(=O)O)ccc1[N+](=O)[O-]. The van der Waals surface area contributed by atoms with Crippen LogP contribution in [-0.2, 0) is 0 Å². The quantitative estimate of drug-likeness (QED) is 0.606. The molecule has 0 aromatic heterocycles. The van der Waals surface area contributed by atoms with Crippen molar-refractivity contribution in [2.45, 2.75) is 26.7 Å². The number of unbranched alkanes of at least 4 members (excludes halogenated alkanes) is 1. The Morgan fingerprint density at radius 1 is 1.42 bits per heavy atom. The van der Waals surface area contributed by atoms with Crippen LogP contribution < -0.4 is 4.90 Å². The van der Waals surface area contributed by atoms with Crippen LogP contribution in [0.3, 0.4) is 0 Å². The predicted molar refractivity (Wildman–Crippen MR) is 72.9 cm³/mol. The molecular formula is C13H18N2O4. The monoisotopic (exact) mass is 266 g/mol. The number of hydrogen-bond acceptors (Lipinski definition) is 4. The van der Waals surface area contributed by atoms with E-state index in [1.807, 2.05) is 18.7 Å². The third-order valence-corrected chi connectivity index (χ3v) is 2.92.